The summed E-state index contributed by atoms with van der Waals surface area (Å²) in [4.78, 5) is 4.98. The van der Waals surface area contributed by atoms with Gasteiger partial charge in [0.1, 0.15) is 5.65 Å². The standard InChI is InChI=1S/C14H12ClN3OS/c15-10-4-5-12(16)13(7-10)20(19)9-11-8-18-6-2-1-3-14(18)17-11/h1-8H,9,16H2. The molecule has 6 heteroatoms. The van der Waals surface area contributed by atoms with Gasteiger partial charge in [0.15, 0.2) is 0 Å². The van der Waals surface area contributed by atoms with Crippen LogP contribution in [-0.4, -0.2) is 13.6 Å². The highest BCUT2D eigenvalue weighted by Crippen LogP contribution is 2.23. The molecule has 3 rings (SSSR count). The van der Waals surface area contributed by atoms with Crippen LogP contribution < -0.4 is 5.73 Å². The molecule has 20 heavy (non-hydrogen) atoms. The lowest BCUT2D eigenvalue weighted by molar-refractivity contribution is 0.682. The number of nitrogens with two attached hydrogens (primary N) is 1. The number of halogens is 1. The zero-order chi connectivity index (χ0) is 14.1. The Bertz CT molecular complexity index is 767. The van der Waals surface area contributed by atoms with Crippen LogP contribution in [0.25, 0.3) is 5.65 Å². The molecule has 1 aromatic carbocycles. The third-order valence-corrected chi connectivity index (χ3v) is 4.55. The molecule has 1 atom stereocenters. The van der Waals surface area contributed by atoms with Crippen LogP contribution in [0, 0.1) is 0 Å². The summed E-state index contributed by atoms with van der Waals surface area (Å²) in [5, 5.41) is 0.526. The first kappa shape index (κ1) is 13.1. The maximum atomic E-state index is 12.4. The van der Waals surface area contributed by atoms with Crippen molar-refractivity contribution in [3.8, 4) is 0 Å². The fraction of sp³-hybridized carbons (Fsp3) is 0.0714. The highest BCUT2D eigenvalue weighted by molar-refractivity contribution is 7.84. The third-order valence-electron chi connectivity index (χ3n) is 2.91. The Morgan fingerprint density at radius 1 is 1.30 bits per heavy atom. The number of nitrogen functional groups attached to an aromatic ring is 1. The topological polar surface area (TPSA) is 60.4 Å². The number of anilines is 1. The number of nitrogens with zero attached hydrogens (tertiary/aromatic N) is 2. The summed E-state index contributed by atoms with van der Waals surface area (Å²) >= 11 is 5.92. The van der Waals surface area contributed by atoms with Crippen LogP contribution in [0.4, 0.5) is 5.69 Å². The molecule has 2 heterocycles. The van der Waals surface area contributed by atoms with Crippen molar-refractivity contribution >= 4 is 33.7 Å². The van der Waals surface area contributed by atoms with Gasteiger partial charge in [-0.25, -0.2) is 4.98 Å². The van der Waals surface area contributed by atoms with Gasteiger partial charge in [-0.05, 0) is 30.3 Å². The van der Waals surface area contributed by atoms with E-state index >= 15 is 0 Å². The van der Waals surface area contributed by atoms with Crippen LogP contribution in [0.5, 0.6) is 0 Å². The summed E-state index contributed by atoms with van der Waals surface area (Å²) in [6.45, 7) is 0. The lowest BCUT2D eigenvalue weighted by Gasteiger charge is -2.04. The number of pyridine rings is 1. The maximum absolute atomic E-state index is 12.4. The first-order chi connectivity index (χ1) is 9.63. The monoisotopic (exact) mass is 305 g/mol. The molecule has 0 aliphatic carbocycles. The molecule has 4 nitrogen and oxygen atoms in total. The van der Waals surface area contributed by atoms with Gasteiger partial charge in [0.05, 0.1) is 27.1 Å². The lowest BCUT2D eigenvalue weighted by atomic mass is 10.3. The Hall–Kier alpha value is -1.85. The highest BCUT2D eigenvalue weighted by atomic mass is 35.5. The van der Waals surface area contributed by atoms with E-state index in [0.29, 0.717) is 21.4 Å². The van der Waals surface area contributed by atoms with Crippen molar-refractivity contribution in [2.75, 3.05) is 5.73 Å². The van der Waals surface area contributed by atoms with Crippen molar-refractivity contribution in [3.63, 3.8) is 0 Å². The van der Waals surface area contributed by atoms with E-state index in [1.54, 1.807) is 18.2 Å². The lowest BCUT2D eigenvalue weighted by Crippen LogP contribution is -2.01. The first-order valence-corrected chi connectivity index (χ1v) is 7.69. The van der Waals surface area contributed by atoms with Gasteiger partial charge in [-0.2, -0.15) is 0 Å². The predicted octanol–water partition coefficient (Wildman–Crippen LogP) is 2.88. The maximum Gasteiger partial charge on any atom is 0.137 e. The minimum atomic E-state index is -1.27. The first-order valence-electron chi connectivity index (χ1n) is 5.99. The molecule has 0 aliphatic heterocycles. The van der Waals surface area contributed by atoms with Crippen LogP contribution in [0.3, 0.4) is 0 Å². The molecule has 3 aromatic rings. The molecule has 2 N–H and O–H groups in total. The molecule has 0 saturated heterocycles. The Morgan fingerprint density at radius 3 is 2.95 bits per heavy atom. The van der Waals surface area contributed by atoms with E-state index in [9.17, 15) is 4.21 Å². The fourth-order valence-electron chi connectivity index (χ4n) is 1.97. The van der Waals surface area contributed by atoms with Gasteiger partial charge in [-0.1, -0.05) is 17.7 Å². The minimum absolute atomic E-state index is 0.312. The zero-order valence-electron chi connectivity index (χ0n) is 10.5. The largest absolute Gasteiger partial charge is 0.398 e. The number of benzene rings is 1. The molecule has 0 radical (unpaired) electrons. The highest BCUT2D eigenvalue weighted by Gasteiger charge is 2.12. The summed E-state index contributed by atoms with van der Waals surface area (Å²) in [5.74, 6) is 0.312. The van der Waals surface area contributed by atoms with Gasteiger partial charge < -0.3 is 10.1 Å². The second-order valence-electron chi connectivity index (χ2n) is 4.37. The smallest absolute Gasteiger partial charge is 0.137 e. The van der Waals surface area contributed by atoms with Crippen LogP contribution in [0.2, 0.25) is 5.02 Å². The minimum Gasteiger partial charge on any atom is -0.398 e. The molecule has 0 aliphatic rings. The van der Waals surface area contributed by atoms with Crippen molar-refractivity contribution in [1.29, 1.82) is 0 Å². The summed E-state index contributed by atoms with van der Waals surface area (Å²) in [7, 11) is -1.27. The van der Waals surface area contributed by atoms with Crippen LogP contribution in [0.1, 0.15) is 5.69 Å². The van der Waals surface area contributed by atoms with Gasteiger partial charge in [0, 0.05) is 23.1 Å². The fourth-order valence-corrected chi connectivity index (χ4v) is 3.36. The molecular weight excluding hydrogens is 294 g/mol. The van der Waals surface area contributed by atoms with Gasteiger partial charge in [-0.15, -0.1) is 0 Å². The summed E-state index contributed by atoms with van der Waals surface area (Å²) in [6, 6.07) is 10.7. The third kappa shape index (κ3) is 2.55. The zero-order valence-corrected chi connectivity index (χ0v) is 12.1. The normalized spacial score (nSPS) is 12.7. The van der Waals surface area contributed by atoms with E-state index in [4.69, 9.17) is 17.3 Å². The number of hydrogen-bond acceptors (Lipinski definition) is 3. The van der Waals surface area contributed by atoms with Crippen molar-refractivity contribution in [1.82, 2.24) is 9.38 Å². The van der Waals surface area contributed by atoms with Gasteiger partial charge in [0.2, 0.25) is 0 Å². The SMILES string of the molecule is Nc1ccc(Cl)cc1S(=O)Cc1cn2ccccc2n1. The second-order valence-corrected chi connectivity index (χ2v) is 6.23. The average Bonchev–Trinajstić information content (AvgIpc) is 2.83. The summed E-state index contributed by atoms with van der Waals surface area (Å²) in [5.41, 5.74) is 7.91. The summed E-state index contributed by atoms with van der Waals surface area (Å²) in [6.07, 6.45) is 3.77. The molecule has 0 fully saturated rings. The predicted molar refractivity (Wildman–Crippen MR) is 81.2 cm³/mol. The van der Waals surface area contributed by atoms with Crippen LogP contribution >= 0.6 is 11.6 Å². The van der Waals surface area contributed by atoms with Crippen LogP contribution in [-0.2, 0) is 16.6 Å². The molecule has 0 bridgehead atoms. The number of aromatic nitrogens is 2. The van der Waals surface area contributed by atoms with Crippen molar-refractivity contribution in [2.45, 2.75) is 10.6 Å². The Labute approximate surface area is 123 Å². The van der Waals surface area contributed by atoms with E-state index in [1.807, 2.05) is 35.0 Å². The Kier molecular flexibility index (Phi) is 3.46. The number of rotatable bonds is 3. The Balaban J connectivity index is 1.90. The van der Waals surface area contributed by atoms with Crippen molar-refractivity contribution in [2.24, 2.45) is 0 Å². The number of imidazole rings is 1. The molecule has 2 aromatic heterocycles. The molecular formula is C14H12ClN3OS. The average molecular weight is 306 g/mol. The molecule has 1 unspecified atom stereocenters. The van der Waals surface area contributed by atoms with Gasteiger partial charge in [-0.3, -0.25) is 4.21 Å². The quantitative estimate of drug-likeness (QED) is 0.757. The number of hydrogen-bond donors (Lipinski definition) is 1. The van der Waals surface area contributed by atoms with E-state index in [2.05, 4.69) is 4.98 Å². The van der Waals surface area contributed by atoms with Gasteiger partial charge in [0.25, 0.3) is 0 Å². The summed E-state index contributed by atoms with van der Waals surface area (Å²) < 4.78 is 14.3. The van der Waals surface area contributed by atoms with E-state index in [1.165, 1.54) is 0 Å². The molecule has 102 valence electrons. The van der Waals surface area contributed by atoms with E-state index < -0.39 is 10.8 Å². The molecule has 0 saturated carbocycles. The molecule has 0 spiro atoms. The van der Waals surface area contributed by atoms with E-state index in [-0.39, 0.29) is 0 Å². The Morgan fingerprint density at radius 2 is 2.15 bits per heavy atom. The second kappa shape index (κ2) is 5.26. The number of fused-ring (bicyclic) bond motifs is 1. The van der Waals surface area contributed by atoms with Crippen molar-refractivity contribution in [3.05, 3.63) is 59.5 Å². The molecule has 0 amide bonds. The van der Waals surface area contributed by atoms with Gasteiger partial charge >= 0.3 is 0 Å². The van der Waals surface area contributed by atoms with E-state index in [0.717, 1.165) is 11.3 Å². The van der Waals surface area contributed by atoms with Crippen LogP contribution in [0.15, 0.2) is 53.7 Å². The van der Waals surface area contributed by atoms with Crippen molar-refractivity contribution < 1.29 is 4.21 Å².